The summed E-state index contributed by atoms with van der Waals surface area (Å²) in [5.41, 5.74) is 6.14. The van der Waals surface area contributed by atoms with Crippen molar-refractivity contribution in [3.8, 4) is 11.3 Å². The summed E-state index contributed by atoms with van der Waals surface area (Å²) in [6.07, 6.45) is 8.98. The van der Waals surface area contributed by atoms with E-state index in [1.54, 1.807) is 0 Å². The van der Waals surface area contributed by atoms with Crippen LogP contribution in [0.25, 0.3) is 16.9 Å². The highest BCUT2D eigenvalue weighted by Crippen LogP contribution is 2.27. The molecule has 1 aliphatic carbocycles. The molecule has 0 N–H and O–H groups in total. The molecule has 0 atom stereocenters. The number of imidazole rings is 1. The van der Waals surface area contributed by atoms with Crippen molar-refractivity contribution in [2.45, 2.75) is 25.7 Å². The standard InChI is InChI=1S/C17H15ClN2/c18-15-7-8-17-19-16(11-20(17)10-15)14-6-5-12-3-1-2-4-13(12)9-14/h5-11H,1-4H2. The molecule has 0 aliphatic heterocycles. The van der Waals surface area contributed by atoms with Crippen LogP contribution >= 0.6 is 11.6 Å². The van der Waals surface area contributed by atoms with Crippen molar-refractivity contribution in [2.75, 3.05) is 0 Å². The van der Waals surface area contributed by atoms with Gasteiger partial charge in [0.05, 0.1) is 10.7 Å². The predicted octanol–water partition coefficient (Wildman–Crippen LogP) is 4.53. The van der Waals surface area contributed by atoms with Gasteiger partial charge in [-0.1, -0.05) is 23.7 Å². The number of benzene rings is 1. The first-order chi connectivity index (χ1) is 9.79. The topological polar surface area (TPSA) is 17.3 Å². The minimum atomic E-state index is 0.729. The molecule has 0 saturated carbocycles. The highest BCUT2D eigenvalue weighted by molar-refractivity contribution is 6.30. The van der Waals surface area contributed by atoms with Gasteiger partial charge in [-0.3, -0.25) is 0 Å². The second-order valence-corrected chi connectivity index (χ2v) is 5.87. The zero-order valence-electron chi connectivity index (χ0n) is 11.1. The molecular weight excluding hydrogens is 268 g/mol. The van der Waals surface area contributed by atoms with Crippen molar-refractivity contribution in [3.05, 3.63) is 58.9 Å². The molecule has 1 aliphatic rings. The maximum absolute atomic E-state index is 6.02. The first kappa shape index (κ1) is 12.0. The van der Waals surface area contributed by atoms with Crippen molar-refractivity contribution >= 4 is 17.2 Å². The Morgan fingerprint density at radius 1 is 0.950 bits per heavy atom. The molecule has 3 aromatic rings. The minimum absolute atomic E-state index is 0.729. The Morgan fingerprint density at radius 3 is 2.70 bits per heavy atom. The summed E-state index contributed by atoms with van der Waals surface area (Å²) in [6.45, 7) is 0. The van der Waals surface area contributed by atoms with Gasteiger partial charge >= 0.3 is 0 Å². The van der Waals surface area contributed by atoms with Gasteiger partial charge in [0.15, 0.2) is 0 Å². The molecular formula is C17H15ClN2. The summed E-state index contributed by atoms with van der Waals surface area (Å²) >= 11 is 6.02. The zero-order valence-corrected chi connectivity index (χ0v) is 11.9. The molecule has 3 heteroatoms. The van der Waals surface area contributed by atoms with E-state index in [4.69, 9.17) is 11.6 Å². The molecule has 2 nitrogen and oxygen atoms in total. The molecule has 4 rings (SSSR count). The van der Waals surface area contributed by atoms with E-state index >= 15 is 0 Å². The highest BCUT2D eigenvalue weighted by atomic mass is 35.5. The summed E-state index contributed by atoms with van der Waals surface area (Å²) < 4.78 is 1.98. The van der Waals surface area contributed by atoms with Crippen LogP contribution in [0.1, 0.15) is 24.0 Å². The maximum atomic E-state index is 6.02. The Kier molecular flexibility index (Phi) is 2.78. The monoisotopic (exact) mass is 282 g/mol. The molecule has 0 saturated heterocycles. The van der Waals surface area contributed by atoms with Gasteiger partial charge in [-0.05, 0) is 55.0 Å². The number of hydrogen-bond donors (Lipinski definition) is 0. The SMILES string of the molecule is Clc1ccc2nc(-c3ccc4c(c3)CCCC4)cn2c1. The Bertz CT molecular complexity index is 789. The molecule has 0 fully saturated rings. The second kappa shape index (κ2) is 4.64. The summed E-state index contributed by atoms with van der Waals surface area (Å²) in [4.78, 5) is 4.68. The van der Waals surface area contributed by atoms with E-state index in [0.717, 1.165) is 16.4 Å². The fourth-order valence-corrected chi connectivity index (χ4v) is 3.16. The van der Waals surface area contributed by atoms with Gasteiger partial charge in [-0.25, -0.2) is 4.98 Å². The van der Waals surface area contributed by atoms with E-state index in [9.17, 15) is 0 Å². The first-order valence-corrected chi connectivity index (χ1v) is 7.44. The average molecular weight is 283 g/mol. The molecule has 0 amide bonds. The molecule has 0 unspecified atom stereocenters. The van der Waals surface area contributed by atoms with E-state index in [0.29, 0.717) is 0 Å². The molecule has 0 radical (unpaired) electrons. The van der Waals surface area contributed by atoms with Crippen LogP contribution in [0.4, 0.5) is 0 Å². The van der Waals surface area contributed by atoms with Crippen molar-refractivity contribution in [1.29, 1.82) is 0 Å². The number of pyridine rings is 1. The lowest BCUT2D eigenvalue weighted by Gasteiger charge is -2.15. The summed E-state index contributed by atoms with van der Waals surface area (Å²) in [5, 5.41) is 0.729. The van der Waals surface area contributed by atoms with Crippen LogP contribution in [0.5, 0.6) is 0 Å². The fourth-order valence-electron chi connectivity index (χ4n) is 3.00. The number of fused-ring (bicyclic) bond motifs is 2. The van der Waals surface area contributed by atoms with Crippen LogP contribution in [-0.4, -0.2) is 9.38 Å². The average Bonchev–Trinajstić information content (AvgIpc) is 2.89. The molecule has 2 heterocycles. The molecule has 2 aromatic heterocycles. The third kappa shape index (κ3) is 2.01. The smallest absolute Gasteiger partial charge is 0.137 e. The number of halogens is 1. The fraction of sp³-hybridized carbons (Fsp3) is 0.235. The summed E-state index contributed by atoms with van der Waals surface area (Å²) in [5.74, 6) is 0. The lowest BCUT2D eigenvalue weighted by Crippen LogP contribution is -2.02. The number of nitrogens with zero attached hydrogens (tertiary/aromatic N) is 2. The van der Waals surface area contributed by atoms with Gasteiger partial charge in [0.1, 0.15) is 5.65 Å². The predicted molar refractivity (Wildman–Crippen MR) is 82.3 cm³/mol. The van der Waals surface area contributed by atoms with E-state index in [-0.39, 0.29) is 0 Å². The van der Waals surface area contributed by atoms with E-state index in [2.05, 4.69) is 23.2 Å². The molecule has 100 valence electrons. The summed E-state index contributed by atoms with van der Waals surface area (Å²) in [6, 6.07) is 10.6. The van der Waals surface area contributed by atoms with Crippen LogP contribution in [0.15, 0.2) is 42.7 Å². The third-order valence-electron chi connectivity index (χ3n) is 4.06. The molecule has 0 bridgehead atoms. The van der Waals surface area contributed by atoms with Gasteiger partial charge in [-0.15, -0.1) is 0 Å². The normalized spacial score (nSPS) is 14.4. The van der Waals surface area contributed by atoms with E-state index in [1.165, 1.54) is 42.4 Å². The molecule has 0 spiro atoms. The van der Waals surface area contributed by atoms with Crippen LogP contribution in [0.2, 0.25) is 5.02 Å². The number of hydrogen-bond acceptors (Lipinski definition) is 1. The Morgan fingerprint density at radius 2 is 1.80 bits per heavy atom. The van der Waals surface area contributed by atoms with Crippen LogP contribution in [-0.2, 0) is 12.8 Å². The third-order valence-corrected chi connectivity index (χ3v) is 4.28. The summed E-state index contributed by atoms with van der Waals surface area (Å²) in [7, 11) is 0. The van der Waals surface area contributed by atoms with Crippen LogP contribution in [0, 0.1) is 0 Å². The van der Waals surface area contributed by atoms with E-state index in [1.807, 2.05) is 28.9 Å². The van der Waals surface area contributed by atoms with Crippen molar-refractivity contribution in [1.82, 2.24) is 9.38 Å². The van der Waals surface area contributed by atoms with Gasteiger partial charge < -0.3 is 4.40 Å². The Labute approximate surface area is 123 Å². The highest BCUT2D eigenvalue weighted by Gasteiger charge is 2.11. The zero-order chi connectivity index (χ0) is 13.5. The lowest BCUT2D eigenvalue weighted by atomic mass is 9.90. The Balaban J connectivity index is 1.82. The largest absolute Gasteiger partial charge is 0.305 e. The van der Waals surface area contributed by atoms with E-state index < -0.39 is 0 Å². The van der Waals surface area contributed by atoms with Gasteiger partial charge in [0, 0.05) is 18.0 Å². The van der Waals surface area contributed by atoms with Gasteiger partial charge in [0.25, 0.3) is 0 Å². The quantitative estimate of drug-likeness (QED) is 0.641. The Hall–Kier alpha value is -1.80. The lowest BCUT2D eigenvalue weighted by molar-refractivity contribution is 0.686. The van der Waals surface area contributed by atoms with Crippen molar-refractivity contribution < 1.29 is 0 Å². The van der Waals surface area contributed by atoms with Crippen LogP contribution in [0.3, 0.4) is 0 Å². The second-order valence-electron chi connectivity index (χ2n) is 5.43. The van der Waals surface area contributed by atoms with Crippen LogP contribution < -0.4 is 0 Å². The van der Waals surface area contributed by atoms with Crippen molar-refractivity contribution in [2.24, 2.45) is 0 Å². The first-order valence-electron chi connectivity index (χ1n) is 7.06. The van der Waals surface area contributed by atoms with Crippen molar-refractivity contribution in [3.63, 3.8) is 0 Å². The van der Waals surface area contributed by atoms with Gasteiger partial charge in [-0.2, -0.15) is 0 Å². The minimum Gasteiger partial charge on any atom is -0.305 e. The molecule has 20 heavy (non-hydrogen) atoms. The molecule has 1 aromatic carbocycles. The number of rotatable bonds is 1. The number of aryl methyl sites for hydroxylation is 2. The maximum Gasteiger partial charge on any atom is 0.137 e. The number of aromatic nitrogens is 2. The van der Waals surface area contributed by atoms with Gasteiger partial charge in [0.2, 0.25) is 0 Å².